The molecule has 0 atom stereocenters. The summed E-state index contributed by atoms with van der Waals surface area (Å²) in [6, 6.07) is 27.9. The van der Waals surface area contributed by atoms with E-state index in [1.165, 1.54) is 30.5 Å². The zero-order chi connectivity index (χ0) is 25.8. The Morgan fingerprint density at radius 1 is 0.892 bits per heavy atom. The van der Waals surface area contributed by atoms with E-state index in [1.54, 1.807) is 78.9 Å². The van der Waals surface area contributed by atoms with Gasteiger partial charge in [-0.25, -0.2) is 9.78 Å². The zero-order valence-corrected chi connectivity index (χ0v) is 19.2. The second kappa shape index (κ2) is 10.0. The fourth-order valence-corrected chi connectivity index (χ4v) is 3.68. The third-order valence-electron chi connectivity index (χ3n) is 5.53. The number of fused-ring (bicyclic) bond motifs is 1. The standard InChI is InChI=1S/C28H18N4O5/c33-27-23-11-5-6-12-24(23)30-26(19-14-16-22(17-15-19)32(35)36)31(27)29-18-21-10-4-7-13-25(21)37-28(34)20-8-2-1-3-9-20/h1-18H. The minimum Gasteiger partial charge on any atom is -0.422 e. The Bertz CT molecular complexity index is 1710. The van der Waals surface area contributed by atoms with Gasteiger partial charge < -0.3 is 4.74 Å². The molecule has 0 fully saturated rings. The van der Waals surface area contributed by atoms with Crippen LogP contribution >= 0.6 is 0 Å². The van der Waals surface area contributed by atoms with Gasteiger partial charge in [-0.2, -0.15) is 9.78 Å². The number of hydrogen-bond acceptors (Lipinski definition) is 7. The lowest BCUT2D eigenvalue weighted by molar-refractivity contribution is -0.384. The number of nitrogens with zero attached hydrogens (tertiary/aromatic N) is 4. The van der Waals surface area contributed by atoms with Crippen molar-refractivity contribution in [3.8, 4) is 17.1 Å². The van der Waals surface area contributed by atoms with E-state index in [1.807, 2.05) is 0 Å². The smallest absolute Gasteiger partial charge is 0.343 e. The minimum atomic E-state index is -0.530. The van der Waals surface area contributed by atoms with Crippen molar-refractivity contribution >= 4 is 28.8 Å². The number of nitro groups is 1. The number of aromatic nitrogens is 2. The first kappa shape index (κ1) is 23.3. The van der Waals surface area contributed by atoms with Crippen LogP contribution in [0.4, 0.5) is 5.69 Å². The van der Waals surface area contributed by atoms with Crippen LogP contribution in [0.3, 0.4) is 0 Å². The molecule has 0 N–H and O–H groups in total. The van der Waals surface area contributed by atoms with E-state index in [-0.39, 0.29) is 17.3 Å². The molecular weight excluding hydrogens is 472 g/mol. The van der Waals surface area contributed by atoms with Gasteiger partial charge in [-0.1, -0.05) is 42.5 Å². The van der Waals surface area contributed by atoms with Crippen molar-refractivity contribution in [1.82, 2.24) is 9.66 Å². The highest BCUT2D eigenvalue weighted by atomic mass is 16.6. The van der Waals surface area contributed by atoms with Gasteiger partial charge in [0.2, 0.25) is 0 Å². The SMILES string of the molecule is O=C(Oc1ccccc1C=Nn1c(-c2ccc([N+](=O)[O-])cc2)nc2ccccc2c1=O)c1ccccc1. The van der Waals surface area contributed by atoms with E-state index >= 15 is 0 Å². The average Bonchev–Trinajstić information content (AvgIpc) is 2.93. The van der Waals surface area contributed by atoms with Crippen LogP contribution in [0.2, 0.25) is 0 Å². The molecule has 9 heteroatoms. The van der Waals surface area contributed by atoms with Gasteiger partial charge in [0.25, 0.3) is 11.2 Å². The van der Waals surface area contributed by atoms with E-state index in [4.69, 9.17) is 4.74 Å². The van der Waals surface area contributed by atoms with Crippen LogP contribution in [0, 0.1) is 10.1 Å². The Balaban J connectivity index is 1.58. The lowest BCUT2D eigenvalue weighted by Crippen LogP contribution is -2.20. The second-order valence-electron chi connectivity index (χ2n) is 7.91. The topological polar surface area (TPSA) is 117 Å². The normalized spacial score (nSPS) is 11.0. The summed E-state index contributed by atoms with van der Waals surface area (Å²) in [4.78, 5) is 41.1. The highest BCUT2D eigenvalue weighted by Gasteiger charge is 2.15. The number of para-hydroxylation sites is 2. The van der Waals surface area contributed by atoms with Crippen molar-refractivity contribution in [2.45, 2.75) is 0 Å². The van der Waals surface area contributed by atoms with Crippen molar-refractivity contribution in [1.29, 1.82) is 0 Å². The van der Waals surface area contributed by atoms with Crippen molar-refractivity contribution in [3.63, 3.8) is 0 Å². The van der Waals surface area contributed by atoms with Gasteiger partial charge in [-0.15, -0.1) is 0 Å². The molecule has 0 saturated heterocycles. The monoisotopic (exact) mass is 490 g/mol. The Morgan fingerprint density at radius 3 is 2.32 bits per heavy atom. The molecule has 0 saturated carbocycles. The number of non-ortho nitro benzene ring substituents is 1. The first-order valence-corrected chi connectivity index (χ1v) is 11.2. The van der Waals surface area contributed by atoms with E-state index in [0.29, 0.717) is 27.6 Å². The molecule has 0 spiro atoms. The first-order chi connectivity index (χ1) is 18.0. The molecule has 0 radical (unpaired) electrons. The van der Waals surface area contributed by atoms with Crippen LogP contribution < -0.4 is 10.3 Å². The summed E-state index contributed by atoms with van der Waals surface area (Å²) in [5.41, 5.74) is 1.27. The fourth-order valence-electron chi connectivity index (χ4n) is 3.68. The molecule has 0 aliphatic carbocycles. The number of carbonyl (C=O) groups excluding carboxylic acids is 1. The fraction of sp³-hybridized carbons (Fsp3) is 0. The third-order valence-corrected chi connectivity index (χ3v) is 5.53. The van der Waals surface area contributed by atoms with Gasteiger partial charge in [0, 0.05) is 23.3 Å². The lowest BCUT2D eigenvalue weighted by atomic mass is 10.1. The quantitative estimate of drug-likeness (QED) is 0.108. The van der Waals surface area contributed by atoms with Crippen LogP contribution in [0.15, 0.2) is 113 Å². The molecule has 5 rings (SSSR count). The zero-order valence-electron chi connectivity index (χ0n) is 19.2. The largest absolute Gasteiger partial charge is 0.422 e. The van der Waals surface area contributed by atoms with Gasteiger partial charge in [-0.3, -0.25) is 14.9 Å². The highest BCUT2D eigenvalue weighted by Crippen LogP contribution is 2.23. The maximum atomic E-state index is 13.4. The van der Waals surface area contributed by atoms with Gasteiger partial charge in [0.15, 0.2) is 5.82 Å². The van der Waals surface area contributed by atoms with Crippen molar-refractivity contribution in [2.75, 3.05) is 0 Å². The number of esters is 1. The number of hydrogen-bond donors (Lipinski definition) is 0. The maximum Gasteiger partial charge on any atom is 0.343 e. The Hall–Kier alpha value is -5.44. The molecule has 9 nitrogen and oxygen atoms in total. The molecule has 0 amide bonds. The van der Waals surface area contributed by atoms with Gasteiger partial charge in [0.1, 0.15) is 5.75 Å². The van der Waals surface area contributed by atoms with Crippen molar-refractivity contribution in [2.24, 2.45) is 5.10 Å². The summed E-state index contributed by atoms with van der Waals surface area (Å²) in [5, 5.41) is 15.8. The number of ether oxygens (including phenoxy) is 1. The Kier molecular flexibility index (Phi) is 6.33. The molecule has 0 aliphatic heterocycles. The molecule has 5 aromatic rings. The number of carbonyl (C=O) groups is 1. The maximum absolute atomic E-state index is 13.4. The van der Waals surface area contributed by atoms with Crippen LogP contribution in [-0.2, 0) is 0 Å². The van der Waals surface area contributed by atoms with E-state index in [0.717, 1.165) is 4.68 Å². The average molecular weight is 490 g/mol. The Labute approximate surface area is 210 Å². The predicted octanol–water partition coefficient (Wildman–Crippen LogP) is 5.07. The summed E-state index contributed by atoms with van der Waals surface area (Å²) in [6.07, 6.45) is 1.40. The first-order valence-electron chi connectivity index (χ1n) is 11.2. The Morgan fingerprint density at radius 2 is 1.57 bits per heavy atom. The predicted molar refractivity (Wildman–Crippen MR) is 139 cm³/mol. The molecule has 1 aromatic heterocycles. The minimum absolute atomic E-state index is 0.0869. The number of nitro benzene ring substituents is 1. The summed E-state index contributed by atoms with van der Waals surface area (Å²) in [7, 11) is 0. The van der Waals surface area contributed by atoms with Gasteiger partial charge in [-0.05, 0) is 48.5 Å². The van der Waals surface area contributed by atoms with Crippen LogP contribution in [0.1, 0.15) is 15.9 Å². The van der Waals surface area contributed by atoms with Crippen LogP contribution in [0.5, 0.6) is 5.75 Å². The van der Waals surface area contributed by atoms with Crippen LogP contribution in [-0.4, -0.2) is 26.8 Å². The van der Waals surface area contributed by atoms with Gasteiger partial charge in [0.05, 0.1) is 27.6 Å². The van der Waals surface area contributed by atoms with E-state index in [9.17, 15) is 19.7 Å². The number of rotatable bonds is 6. The summed E-state index contributed by atoms with van der Waals surface area (Å²) >= 11 is 0. The second-order valence-corrected chi connectivity index (χ2v) is 7.91. The van der Waals surface area contributed by atoms with E-state index < -0.39 is 16.5 Å². The highest BCUT2D eigenvalue weighted by molar-refractivity contribution is 5.93. The molecule has 37 heavy (non-hydrogen) atoms. The lowest BCUT2D eigenvalue weighted by Gasteiger charge is -2.10. The third kappa shape index (κ3) is 4.87. The molecule has 0 aliphatic rings. The number of benzene rings is 4. The van der Waals surface area contributed by atoms with Crippen molar-refractivity contribution < 1.29 is 14.5 Å². The molecule has 1 heterocycles. The van der Waals surface area contributed by atoms with E-state index in [2.05, 4.69) is 10.1 Å². The summed E-state index contributed by atoms with van der Waals surface area (Å²) < 4.78 is 6.70. The van der Waals surface area contributed by atoms with Gasteiger partial charge >= 0.3 is 5.97 Å². The summed E-state index contributed by atoms with van der Waals surface area (Å²) in [6.45, 7) is 0. The molecule has 4 aromatic carbocycles. The summed E-state index contributed by atoms with van der Waals surface area (Å²) in [5.74, 6) is -0.0649. The molecule has 180 valence electrons. The molecule has 0 unspecified atom stereocenters. The molecular formula is C28H18N4O5. The molecule has 0 bridgehead atoms. The van der Waals surface area contributed by atoms with Crippen LogP contribution in [0.25, 0.3) is 22.3 Å². The van der Waals surface area contributed by atoms with Crippen molar-refractivity contribution in [3.05, 3.63) is 135 Å².